The number of likely N-dealkylation sites (N-methyl/N-ethyl adjacent to an activating group) is 1. The molecule has 1 N–H and O–H groups in total. The lowest BCUT2D eigenvalue weighted by Gasteiger charge is -2.40. The van der Waals surface area contributed by atoms with Gasteiger partial charge in [-0.3, -0.25) is 14.7 Å². The molecule has 0 bridgehead atoms. The SMILES string of the molecule is CN1CC(C(=O)N(C)N(C)S(=O)(=O)c2ccccc2)C=C2c3cccc4[nH]cc(c34)CC21. The zero-order chi connectivity index (χ0) is 22.6. The van der Waals surface area contributed by atoms with Gasteiger partial charge in [-0.1, -0.05) is 36.4 Å². The van der Waals surface area contributed by atoms with E-state index in [1.807, 2.05) is 19.2 Å². The number of hydrogen-bond acceptors (Lipinski definition) is 4. The summed E-state index contributed by atoms with van der Waals surface area (Å²) in [5.41, 5.74) is 4.67. The number of hydrazine groups is 1. The van der Waals surface area contributed by atoms with Crippen LogP contribution in [0.3, 0.4) is 0 Å². The molecule has 2 heterocycles. The highest BCUT2D eigenvalue weighted by molar-refractivity contribution is 7.89. The van der Waals surface area contributed by atoms with Crippen molar-refractivity contribution in [2.45, 2.75) is 17.4 Å². The lowest BCUT2D eigenvalue weighted by Crippen LogP contribution is -2.51. The fraction of sp³-hybridized carbons (Fsp3) is 0.292. The second-order valence-electron chi connectivity index (χ2n) is 8.54. The molecule has 1 aliphatic heterocycles. The van der Waals surface area contributed by atoms with Crippen molar-refractivity contribution in [3.63, 3.8) is 0 Å². The van der Waals surface area contributed by atoms with Crippen LogP contribution >= 0.6 is 0 Å². The van der Waals surface area contributed by atoms with Crippen LogP contribution < -0.4 is 0 Å². The first-order valence-corrected chi connectivity index (χ1v) is 12.1. The zero-order valence-electron chi connectivity index (χ0n) is 18.3. The Kier molecular flexibility index (Phi) is 4.96. The predicted octanol–water partition coefficient (Wildman–Crippen LogP) is 2.73. The van der Waals surface area contributed by atoms with E-state index in [0.29, 0.717) is 6.54 Å². The smallest absolute Gasteiger partial charge is 0.259 e. The Morgan fingerprint density at radius 2 is 1.84 bits per heavy atom. The molecule has 166 valence electrons. The van der Waals surface area contributed by atoms with Gasteiger partial charge in [-0.05, 0) is 48.4 Å². The van der Waals surface area contributed by atoms with E-state index >= 15 is 0 Å². The van der Waals surface area contributed by atoms with Crippen LogP contribution in [0.15, 0.2) is 65.7 Å². The largest absolute Gasteiger partial charge is 0.361 e. The summed E-state index contributed by atoms with van der Waals surface area (Å²) in [5.74, 6) is -0.697. The van der Waals surface area contributed by atoms with Crippen molar-refractivity contribution < 1.29 is 13.2 Å². The van der Waals surface area contributed by atoms with Crippen LogP contribution in [-0.2, 0) is 21.2 Å². The molecule has 1 amide bonds. The number of H-pyrrole nitrogens is 1. The summed E-state index contributed by atoms with van der Waals surface area (Å²) in [6.07, 6.45) is 5.00. The normalized spacial score (nSPS) is 20.8. The van der Waals surface area contributed by atoms with E-state index in [9.17, 15) is 13.2 Å². The standard InChI is InChI=1S/C24H26N4O3S/c1-26-15-17(24(29)27(2)28(3)32(30,31)18-8-5-4-6-9-18)12-20-19-10-7-11-21-23(19)16(14-25-21)13-22(20)26/h4-12,14,17,22,25H,13,15H2,1-3H3. The highest BCUT2D eigenvalue weighted by Crippen LogP contribution is 2.41. The van der Waals surface area contributed by atoms with E-state index in [0.717, 1.165) is 27.5 Å². The summed E-state index contributed by atoms with van der Waals surface area (Å²) in [5, 5.41) is 2.43. The Labute approximate surface area is 187 Å². The molecule has 0 spiro atoms. The van der Waals surface area contributed by atoms with Gasteiger partial charge in [-0.25, -0.2) is 8.42 Å². The monoisotopic (exact) mass is 450 g/mol. The van der Waals surface area contributed by atoms with Gasteiger partial charge < -0.3 is 4.98 Å². The number of nitrogens with one attached hydrogen (secondary N) is 1. The Morgan fingerprint density at radius 3 is 2.59 bits per heavy atom. The minimum absolute atomic E-state index is 0.153. The number of sulfonamides is 1. The van der Waals surface area contributed by atoms with Crippen molar-refractivity contribution in [2.24, 2.45) is 5.92 Å². The molecule has 1 aliphatic carbocycles. The number of aromatic nitrogens is 1. The molecule has 3 aromatic rings. The van der Waals surface area contributed by atoms with Crippen LogP contribution in [0, 0.1) is 5.92 Å². The van der Waals surface area contributed by atoms with E-state index in [2.05, 4.69) is 28.2 Å². The molecule has 5 rings (SSSR count). The van der Waals surface area contributed by atoms with Gasteiger partial charge >= 0.3 is 0 Å². The molecule has 0 saturated heterocycles. The van der Waals surface area contributed by atoms with Gasteiger partial charge in [0.25, 0.3) is 10.0 Å². The van der Waals surface area contributed by atoms with Crippen LogP contribution in [0.5, 0.6) is 0 Å². The Hall–Kier alpha value is -2.94. The van der Waals surface area contributed by atoms with Crippen molar-refractivity contribution in [2.75, 3.05) is 27.7 Å². The summed E-state index contributed by atoms with van der Waals surface area (Å²) in [6.45, 7) is 0.534. The number of carbonyl (C=O) groups excluding carboxylic acids is 1. The first kappa shape index (κ1) is 20.9. The minimum atomic E-state index is -3.82. The third-order valence-corrected chi connectivity index (χ3v) is 8.52. The molecule has 2 aliphatic rings. The van der Waals surface area contributed by atoms with Crippen molar-refractivity contribution in [1.29, 1.82) is 0 Å². The Balaban J connectivity index is 1.48. The maximum Gasteiger partial charge on any atom is 0.259 e. The Bertz CT molecular complexity index is 1330. The number of benzene rings is 2. The van der Waals surface area contributed by atoms with Gasteiger partial charge in [0, 0.05) is 43.8 Å². The van der Waals surface area contributed by atoms with Crippen LogP contribution in [-0.4, -0.2) is 67.4 Å². The van der Waals surface area contributed by atoms with Gasteiger partial charge in [-0.15, -0.1) is 4.41 Å². The highest BCUT2D eigenvalue weighted by Gasteiger charge is 2.38. The molecule has 1 aromatic heterocycles. The molecule has 0 radical (unpaired) electrons. The van der Waals surface area contributed by atoms with Gasteiger partial charge in [-0.2, -0.15) is 0 Å². The number of hydrogen-bond donors (Lipinski definition) is 1. The third kappa shape index (κ3) is 3.18. The number of fused-ring (bicyclic) bond motifs is 2. The Morgan fingerprint density at radius 1 is 1.09 bits per heavy atom. The van der Waals surface area contributed by atoms with Crippen molar-refractivity contribution in [3.05, 3.63) is 71.9 Å². The molecule has 2 atom stereocenters. The highest BCUT2D eigenvalue weighted by atomic mass is 32.2. The number of rotatable bonds is 4. The zero-order valence-corrected chi connectivity index (χ0v) is 19.1. The van der Waals surface area contributed by atoms with Crippen molar-refractivity contribution >= 4 is 32.4 Å². The minimum Gasteiger partial charge on any atom is -0.361 e. The number of nitrogens with zero attached hydrogens (tertiary/aromatic N) is 3. The third-order valence-electron chi connectivity index (χ3n) is 6.72. The predicted molar refractivity (Wildman–Crippen MR) is 124 cm³/mol. The van der Waals surface area contributed by atoms with Crippen molar-refractivity contribution in [1.82, 2.24) is 19.3 Å². The molecule has 2 aromatic carbocycles. The summed E-state index contributed by atoms with van der Waals surface area (Å²) < 4.78 is 27.0. The maximum atomic E-state index is 13.4. The van der Waals surface area contributed by atoms with E-state index in [-0.39, 0.29) is 16.8 Å². The van der Waals surface area contributed by atoms with Crippen molar-refractivity contribution in [3.8, 4) is 0 Å². The first-order valence-electron chi connectivity index (χ1n) is 10.6. The van der Waals surface area contributed by atoms with Crippen LogP contribution in [0.4, 0.5) is 0 Å². The van der Waals surface area contributed by atoms with Gasteiger partial charge in [0.15, 0.2) is 0 Å². The molecule has 7 nitrogen and oxygen atoms in total. The number of carbonyl (C=O) groups is 1. The fourth-order valence-corrected chi connectivity index (χ4v) is 6.10. The summed E-state index contributed by atoms with van der Waals surface area (Å²) in [6, 6.07) is 14.6. The van der Waals surface area contributed by atoms with E-state index < -0.39 is 15.9 Å². The van der Waals surface area contributed by atoms with Gasteiger partial charge in [0.1, 0.15) is 0 Å². The van der Waals surface area contributed by atoms with Crippen LogP contribution in [0.1, 0.15) is 11.1 Å². The van der Waals surface area contributed by atoms with Crippen LogP contribution in [0.2, 0.25) is 0 Å². The molecule has 0 fully saturated rings. The lowest BCUT2D eigenvalue weighted by molar-refractivity contribution is -0.141. The lowest BCUT2D eigenvalue weighted by atomic mass is 9.80. The van der Waals surface area contributed by atoms with Gasteiger partial charge in [0.2, 0.25) is 5.91 Å². The quantitative estimate of drug-likeness (QED) is 0.620. The average Bonchev–Trinajstić information content (AvgIpc) is 3.23. The van der Waals surface area contributed by atoms with E-state index in [4.69, 9.17) is 0 Å². The molecule has 32 heavy (non-hydrogen) atoms. The van der Waals surface area contributed by atoms with E-state index in [1.54, 1.807) is 18.2 Å². The summed E-state index contributed by atoms with van der Waals surface area (Å²) in [4.78, 5) is 19.1. The molecular formula is C24H26N4O3S. The number of amides is 1. The average molecular weight is 451 g/mol. The fourth-order valence-electron chi connectivity index (χ4n) is 4.89. The second-order valence-corrected chi connectivity index (χ2v) is 10.5. The molecule has 0 saturated carbocycles. The van der Waals surface area contributed by atoms with Crippen LogP contribution in [0.25, 0.3) is 16.5 Å². The topological polar surface area (TPSA) is 76.7 Å². The second kappa shape index (κ2) is 7.58. The first-order chi connectivity index (χ1) is 15.3. The molecular weight excluding hydrogens is 424 g/mol. The molecule has 2 unspecified atom stereocenters. The maximum absolute atomic E-state index is 13.4. The van der Waals surface area contributed by atoms with E-state index in [1.165, 1.54) is 42.2 Å². The molecule has 8 heteroatoms. The van der Waals surface area contributed by atoms with Gasteiger partial charge in [0.05, 0.1) is 10.8 Å². The number of aromatic amines is 1. The summed E-state index contributed by atoms with van der Waals surface area (Å²) >= 11 is 0. The summed E-state index contributed by atoms with van der Waals surface area (Å²) in [7, 11) is 1.13.